The number of ketones is 1. The number of pyridine rings is 8. The quantitative estimate of drug-likeness (QED) is 0.0199. The van der Waals surface area contributed by atoms with Crippen LogP contribution in [0, 0.1) is 17.8 Å². The molecule has 750 valence electrons. The molecule has 0 bridgehead atoms. The molecular weight excluding hydrogens is 1870 g/mol. The Balaban J connectivity index is 0.000000129. The van der Waals surface area contributed by atoms with Gasteiger partial charge in [-0.2, -0.15) is 20.4 Å². The van der Waals surface area contributed by atoms with E-state index in [1.807, 2.05) is 199 Å². The van der Waals surface area contributed by atoms with E-state index in [-0.39, 0.29) is 64.9 Å². The Morgan fingerprint density at radius 3 is 0.939 bits per heavy atom. The summed E-state index contributed by atoms with van der Waals surface area (Å²) in [6.07, 6.45) is 21.9. The summed E-state index contributed by atoms with van der Waals surface area (Å²) in [5.41, 5.74) is 22.0. The van der Waals surface area contributed by atoms with E-state index >= 15 is 0 Å². The number of hydrogen-bond acceptors (Lipinski definition) is 24. The van der Waals surface area contributed by atoms with Crippen molar-refractivity contribution in [1.82, 2.24) is 140 Å². The van der Waals surface area contributed by atoms with Crippen molar-refractivity contribution in [3.63, 3.8) is 0 Å². The number of amides is 7. The first kappa shape index (κ1) is 99.9. The Morgan fingerprint density at radius 1 is 0.345 bits per heavy atom. The molecule has 0 unspecified atom stereocenters. The van der Waals surface area contributed by atoms with Gasteiger partial charge in [-0.3, -0.25) is 78.7 Å². The third-order valence-electron chi connectivity index (χ3n) is 25.8. The van der Waals surface area contributed by atoms with Crippen molar-refractivity contribution in [1.29, 1.82) is 0 Å². The number of H-pyrrole nitrogens is 8. The van der Waals surface area contributed by atoms with Crippen molar-refractivity contribution in [2.24, 2.45) is 17.8 Å². The first-order valence-electron chi connectivity index (χ1n) is 49.6. The molecule has 0 atom stereocenters. The lowest BCUT2D eigenvalue weighted by Crippen LogP contribution is -2.30. The fourth-order valence-electron chi connectivity index (χ4n) is 17.5. The minimum Gasteiger partial charge on any atom is -0.339 e. The first-order valence-corrected chi connectivity index (χ1v) is 49.6. The van der Waals surface area contributed by atoms with E-state index in [0.29, 0.717) is 202 Å². The lowest BCUT2D eigenvalue weighted by molar-refractivity contribution is -0.119. The van der Waals surface area contributed by atoms with Gasteiger partial charge in [-0.15, -0.1) is 0 Å². The topological polar surface area (TPSA) is 518 Å². The molecule has 39 nitrogen and oxygen atoms in total. The van der Waals surface area contributed by atoms with Crippen molar-refractivity contribution in [2.45, 2.75) is 122 Å². The fraction of sp³-hybridized carbons (Fsp3) is 0.266. The highest BCUT2D eigenvalue weighted by atomic mass is 16.2. The van der Waals surface area contributed by atoms with Gasteiger partial charge in [0.1, 0.15) is 50.6 Å². The van der Waals surface area contributed by atoms with Crippen molar-refractivity contribution in [3.05, 3.63) is 224 Å². The normalized spacial score (nSPS) is 11.8. The van der Waals surface area contributed by atoms with E-state index in [4.69, 9.17) is 19.9 Å². The molecule has 16 heterocycles. The molecule has 0 spiro atoms. The molecular formula is C109H111N31O8. The standard InChI is InChI=1S/C28H30N8O2.C27H26N8O2.C27H28N8O2.C27H27N7O2/c1-5-36(6-2)28(38)20-8-7-9-22-24(20)33-27(32-22)25-21-12-18(14-30-26(21)35-34-25)17-11-19(15-29-13-17)31-23(37)10-16(3)4;1-3-35(4-2)27(37)19-6-5-7-21-22(19)32-25(31-21)23-20-11-17(13-29-24(20)34-33-23)16-10-18(14-28-12-16)30-26(36)15-8-9-15;1-5-35(6-2)27(37)19-8-7-9-21-22(19)32-25(31-21)23-20-11-17(13-29-24(20)34-33-23)16-10-18(14-28-12-16)30-26(36)15(3)4;1-4-19(35)13-18-11-10-16(14-28-18)17-12-21-24(32-33-25(21)29-15-17)26-30-22-9-7-8-20(23(22)31-26)27(36)34(5-2)6-3/h7-9,11-16H,5-6,10H2,1-4H3,(H,31,37)(H,32,33)(H,30,34,35);5-7,10-15H,3-4,8-9H2,1-2H3,(H,30,36)(H,31,32)(H,29,33,34);7-15H,5-6H2,1-4H3,(H,30,36)(H,31,32)(H,29,33,34);7-12,14-15H,4-6,13H2,1-3H3,(H,30,31)(H,29,32,33). The monoisotopic (exact) mass is 1980 g/mol. The van der Waals surface area contributed by atoms with E-state index in [1.54, 1.807) is 106 Å². The maximum Gasteiger partial charge on any atom is 0.256 e. The van der Waals surface area contributed by atoms with Crippen LogP contribution in [0.4, 0.5) is 17.1 Å². The minimum absolute atomic E-state index is 0.0355. The van der Waals surface area contributed by atoms with Gasteiger partial charge in [0.05, 0.1) is 102 Å². The van der Waals surface area contributed by atoms with Gasteiger partial charge in [0, 0.05) is 183 Å². The number of fused-ring (bicyclic) bond motifs is 8. The summed E-state index contributed by atoms with van der Waals surface area (Å²) in [4.78, 5) is 175. The average molecular weight is 1980 g/mol. The molecule has 39 heteroatoms. The van der Waals surface area contributed by atoms with Gasteiger partial charge in [-0.25, -0.2) is 39.9 Å². The molecule has 1 saturated carbocycles. The van der Waals surface area contributed by atoms with E-state index < -0.39 is 0 Å². The largest absolute Gasteiger partial charge is 0.339 e. The molecule has 16 aromatic heterocycles. The van der Waals surface area contributed by atoms with Gasteiger partial charge >= 0.3 is 0 Å². The predicted octanol–water partition coefficient (Wildman–Crippen LogP) is 18.6. The molecule has 1 aliphatic rings. The second-order valence-corrected chi connectivity index (χ2v) is 36.4. The number of benzene rings is 4. The van der Waals surface area contributed by atoms with Gasteiger partial charge in [0.15, 0.2) is 45.9 Å². The molecule has 0 aliphatic heterocycles. The van der Waals surface area contributed by atoms with Crippen LogP contribution in [0.1, 0.15) is 163 Å². The SMILES string of the molecule is CCC(=O)Cc1ccc(-c2cnc3n[nH]c(-c4nc5c(C(=O)N(CC)CC)cccc5[nH]4)c3c2)cn1.CCN(CC)C(=O)c1cccc2[nH]c(-c3[nH]nc4ncc(-c5cncc(NC(=O)C(C)C)c5)cc34)nc12.CCN(CC)C(=O)c1cccc2[nH]c(-c3[nH]nc4ncc(-c5cncc(NC(=O)C6CC6)c5)cc34)nc12.CCN(CC)C(=O)c1cccc2[nH]c(-c3[nH]nc4ncc(-c5cncc(NC(=O)CC(C)C)c5)cc34)nc12. The van der Waals surface area contributed by atoms with Crippen LogP contribution in [0.25, 0.3) is 179 Å². The number of hydrogen-bond donors (Lipinski definition) is 11. The third kappa shape index (κ3) is 21.3. The number of imidazole rings is 4. The number of Topliss-reactive ketones (excluding diaryl/α,β-unsaturated/α-hetero) is 1. The third-order valence-corrected chi connectivity index (χ3v) is 25.8. The summed E-state index contributed by atoms with van der Waals surface area (Å²) < 4.78 is 0. The molecule has 1 fully saturated rings. The highest BCUT2D eigenvalue weighted by Crippen LogP contribution is 2.39. The summed E-state index contributed by atoms with van der Waals surface area (Å²) in [6.45, 7) is 30.3. The molecule has 148 heavy (non-hydrogen) atoms. The Labute approximate surface area is 848 Å². The van der Waals surface area contributed by atoms with Crippen molar-refractivity contribution >= 4 is 152 Å². The van der Waals surface area contributed by atoms with Crippen molar-refractivity contribution < 1.29 is 38.4 Å². The summed E-state index contributed by atoms with van der Waals surface area (Å²) in [5.74, 6) is 2.40. The van der Waals surface area contributed by atoms with E-state index in [2.05, 4.69) is 117 Å². The number of aromatic nitrogens is 24. The Hall–Kier alpha value is -18.2. The van der Waals surface area contributed by atoms with Crippen LogP contribution in [0.2, 0.25) is 0 Å². The lowest BCUT2D eigenvalue weighted by Gasteiger charge is -2.18. The van der Waals surface area contributed by atoms with Crippen LogP contribution in [-0.2, 0) is 25.6 Å². The smallest absolute Gasteiger partial charge is 0.256 e. The number of aromatic amines is 8. The molecule has 0 radical (unpaired) electrons. The number of carbonyl (C=O) groups excluding carboxylic acids is 8. The number of carbonyl (C=O) groups is 8. The van der Waals surface area contributed by atoms with Crippen LogP contribution in [-0.4, -0.2) is 240 Å². The highest BCUT2D eigenvalue weighted by molar-refractivity contribution is 6.10. The maximum absolute atomic E-state index is 13.1. The summed E-state index contributed by atoms with van der Waals surface area (Å²) in [5, 5.41) is 41.4. The summed E-state index contributed by atoms with van der Waals surface area (Å²) in [7, 11) is 0. The Bertz CT molecular complexity index is 8150. The van der Waals surface area contributed by atoms with Crippen LogP contribution in [0.15, 0.2) is 196 Å². The fourth-order valence-corrected chi connectivity index (χ4v) is 17.5. The van der Waals surface area contributed by atoms with Gasteiger partial charge in [-0.1, -0.05) is 65.0 Å². The second kappa shape index (κ2) is 43.9. The minimum atomic E-state index is -0.137. The maximum atomic E-state index is 13.1. The predicted molar refractivity (Wildman–Crippen MR) is 570 cm³/mol. The molecule has 0 saturated heterocycles. The molecule has 20 aromatic rings. The lowest BCUT2D eigenvalue weighted by atomic mass is 10.1. The Kier molecular flexibility index (Phi) is 29.7. The van der Waals surface area contributed by atoms with Gasteiger partial charge in [-0.05, 0) is 171 Å². The zero-order valence-electron chi connectivity index (χ0n) is 84.1. The van der Waals surface area contributed by atoms with E-state index in [9.17, 15) is 38.4 Å². The number of rotatable bonds is 30. The molecule has 7 amide bonds. The molecule has 11 N–H and O–H groups in total. The van der Waals surface area contributed by atoms with E-state index in [0.717, 1.165) is 107 Å². The number of nitrogens with zero attached hydrogens (tertiary/aromatic N) is 20. The number of para-hydroxylation sites is 4. The molecule has 4 aromatic carbocycles. The Morgan fingerprint density at radius 2 is 0.649 bits per heavy atom. The first-order chi connectivity index (χ1) is 71.8. The van der Waals surface area contributed by atoms with Crippen molar-refractivity contribution in [2.75, 3.05) is 68.3 Å². The van der Waals surface area contributed by atoms with Crippen LogP contribution < -0.4 is 16.0 Å². The highest BCUT2D eigenvalue weighted by Gasteiger charge is 2.31. The number of nitrogens with one attached hydrogen (secondary N) is 11. The zero-order valence-corrected chi connectivity index (χ0v) is 84.1. The van der Waals surface area contributed by atoms with E-state index in [1.165, 1.54) is 0 Å². The summed E-state index contributed by atoms with van der Waals surface area (Å²) >= 11 is 0. The van der Waals surface area contributed by atoms with Gasteiger partial charge in [0.25, 0.3) is 23.6 Å². The van der Waals surface area contributed by atoms with Crippen LogP contribution in [0.3, 0.4) is 0 Å². The van der Waals surface area contributed by atoms with Crippen LogP contribution >= 0.6 is 0 Å². The van der Waals surface area contributed by atoms with Gasteiger partial charge < -0.3 is 55.5 Å². The molecule has 21 rings (SSSR count). The van der Waals surface area contributed by atoms with Crippen molar-refractivity contribution in [3.8, 4) is 90.6 Å². The average Bonchev–Trinajstić information content (AvgIpc) is 1.63. The number of anilines is 3. The second-order valence-electron chi connectivity index (χ2n) is 36.4. The van der Waals surface area contributed by atoms with Gasteiger partial charge in [0.2, 0.25) is 17.7 Å². The molecule has 1 aliphatic carbocycles. The zero-order chi connectivity index (χ0) is 104. The van der Waals surface area contributed by atoms with Crippen LogP contribution in [0.5, 0.6) is 0 Å². The summed E-state index contributed by atoms with van der Waals surface area (Å²) in [6, 6.07) is 39.6.